The van der Waals surface area contributed by atoms with Gasteiger partial charge in [0, 0.05) is 7.11 Å². The van der Waals surface area contributed by atoms with E-state index in [1.54, 1.807) is 7.11 Å². The van der Waals surface area contributed by atoms with Crippen molar-refractivity contribution in [1.29, 1.82) is 0 Å². The first-order chi connectivity index (χ1) is 5.24. The Hall–Kier alpha value is -0.410. The van der Waals surface area contributed by atoms with Crippen LogP contribution in [0.1, 0.15) is 18.7 Å². The summed E-state index contributed by atoms with van der Waals surface area (Å²) in [5, 5.41) is 0. The number of ether oxygens (including phenoxy) is 1. The first-order valence-electron chi connectivity index (χ1n) is 3.39. The maximum absolute atomic E-state index is 5.11. The number of rotatable bonds is 2. The van der Waals surface area contributed by atoms with Gasteiger partial charge in [-0.05, 0) is 35.0 Å². The number of hydrogen-bond acceptors (Lipinski definition) is 2. The molecule has 0 bridgehead atoms. The molecule has 0 aliphatic rings. The Morgan fingerprint density at radius 3 is 2.82 bits per heavy atom. The fourth-order valence-electron chi connectivity index (χ4n) is 0.771. The standard InChI is InChI=1S/C8H10BrNO/c1-6(11-2)7-4-3-5-8(9)10-7/h3-6H,1-2H3/t6-/m1/s1. The molecule has 1 aromatic heterocycles. The number of aromatic nitrogens is 1. The first kappa shape index (κ1) is 8.68. The van der Waals surface area contributed by atoms with E-state index in [2.05, 4.69) is 20.9 Å². The van der Waals surface area contributed by atoms with Crippen molar-refractivity contribution in [3.05, 3.63) is 28.5 Å². The van der Waals surface area contributed by atoms with Crippen molar-refractivity contribution in [3.8, 4) is 0 Å². The molecule has 1 atom stereocenters. The van der Waals surface area contributed by atoms with Gasteiger partial charge >= 0.3 is 0 Å². The average molecular weight is 216 g/mol. The summed E-state index contributed by atoms with van der Waals surface area (Å²) < 4.78 is 5.95. The number of pyridine rings is 1. The maximum Gasteiger partial charge on any atom is 0.106 e. The molecule has 60 valence electrons. The molecule has 1 aromatic rings. The van der Waals surface area contributed by atoms with Crippen LogP contribution in [0.2, 0.25) is 0 Å². The summed E-state index contributed by atoms with van der Waals surface area (Å²) in [6.45, 7) is 1.97. The van der Waals surface area contributed by atoms with E-state index < -0.39 is 0 Å². The molecule has 0 saturated carbocycles. The van der Waals surface area contributed by atoms with Gasteiger partial charge in [-0.3, -0.25) is 0 Å². The van der Waals surface area contributed by atoms with E-state index in [0.717, 1.165) is 10.3 Å². The molecule has 0 amide bonds. The molecule has 0 spiro atoms. The molecule has 0 aliphatic carbocycles. The Labute approximate surface area is 74.7 Å². The second-order valence-electron chi connectivity index (χ2n) is 2.26. The van der Waals surface area contributed by atoms with Crippen LogP contribution in [0, 0.1) is 0 Å². The van der Waals surface area contributed by atoms with Crippen molar-refractivity contribution in [2.45, 2.75) is 13.0 Å². The minimum atomic E-state index is 0.0625. The Kier molecular flexibility index (Phi) is 3.02. The van der Waals surface area contributed by atoms with Crippen LogP contribution in [0.15, 0.2) is 22.8 Å². The van der Waals surface area contributed by atoms with Gasteiger partial charge in [0.05, 0.1) is 11.8 Å². The molecule has 0 unspecified atom stereocenters. The molecule has 0 fully saturated rings. The third-order valence-electron chi connectivity index (χ3n) is 1.51. The minimum Gasteiger partial charge on any atom is -0.375 e. The molecule has 1 rings (SSSR count). The van der Waals surface area contributed by atoms with Crippen molar-refractivity contribution >= 4 is 15.9 Å². The number of hydrogen-bond donors (Lipinski definition) is 0. The van der Waals surface area contributed by atoms with Gasteiger partial charge < -0.3 is 4.74 Å². The third-order valence-corrected chi connectivity index (χ3v) is 1.95. The van der Waals surface area contributed by atoms with E-state index in [9.17, 15) is 0 Å². The topological polar surface area (TPSA) is 22.1 Å². The minimum absolute atomic E-state index is 0.0625. The SMILES string of the molecule is CO[C@H](C)c1cccc(Br)n1. The Balaban J connectivity index is 2.86. The van der Waals surface area contributed by atoms with Crippen LogP contribution in [0.4, 0.5) is 0 Å². The van der Waals surface area contributed by atoms with Crippen molar-refractivity contribution in [1.82, 2.24) is 4.98 Å². The summed E-state index contributed by atoms with van der Waals surface area (Å²) in [5.74, 6) is 0. The van der Waals surface area contributed by atoms with Gasteiger partial charge in [-0.1, -0.05) is 6.07 Å². The maximum atomic E-state index is 5.11. The fraction of sp³-hybridized carbons (Fsp3) is 0.375. The first-order valence-corrected chi connectivity index (χ1v) is 4.18. The average Bonchev–Trinajstić information content (AvgIpc) is 2.03. The Morgan fingerprint density at radius 2 is 2.27 bits per heavy atom. The lowest BCUT2D eigenvalue weighted by Crippen LogP contribution is -1.98. The Bertz CT molecular complexity index is 239. The molecule has 11 heavy (non-hydrogen) atoms. The van der Waals surface area contributed by atoms with E-state index in [0.29, 0.717) is 0 Å². The lowest BCUT2D eigenvalue weighted by atomic mass is 10.2. The molecule has 3 heteroatoms. The number of methoxy groups -OCH3 is 1. The van der Waals surface area contributed by atoms with Gasteiger partial charge in [0.15, 0.2) is 0 Å². The highest BCUT2D eigenvalue weighted by molar-refractivity contribution is 9.10. The van der Waals surface area contributed by atoms with Crippen LogP contribution in [-0.4, -0.2) is 12.1 Å². The Morgan fingerprint density at radius 1 is 1.55 bits per heavy atom. The molecule has 1 heterocycles. The summed E-state index contributed by atoms with van der Waals surface area (Å²) in [4.78, 5) is 4.24. The van der Waals surface area contributed by atoms with E-state index >= 15 is 0 Å². The van der Waals surface area contributed by atoms with Gasteiger partial charge in [0.25, 0.3) is 0 Å². The predicted molar refractivity (Wildman–Crippen MR) is 47.4 cm³/mol. The third kappa shape index (κ3) is 2.27. The van der Waals surface area contributed by atoms with Gasteiger partial charge in [0.2, 0.25) is 0 Å². The van der Waals surface area contributed by atoms with E-state index in [4.69, 9.17) is 4.74 Å². The molecule has 2 nitrogen and oxygen atoms in total. The second-order valence-corrected chi connectivity index (χ2v) is 3.08. The van der Waals surface area contributed by atoms with Gasteiger partial charge in [-0.25, -0.2) is 4.98 Å². The smallest absolute Gasteiger partial charge is 0.106 e. The monoisotopic (exact) mass is 215 g/mol. The zero-order valence-corrected chi connectivity index (χ0v) is 8.13. The van der Waals surface area contributed by atoms with Crippen molar-refractivity contribution in [3.63, 3.8) is 0 Å². The van der Waals surface area contributed by atoms with E-state index in [1.807, 2.05) is 25.1 Å². The molecular weight excluding hydrogens is 206 g/mol. The highest BCUT2D eigenvalue weighted by Gasteiger charge is 2.03. The zero-order valence-electron chi connectivity index (χ0n) is 6.54. The highest BCUT2D eigenvalue weighted by Crippen LogP contribution is 2.15. The zero-order chi connectivity index (χ0) is 8.27. The normalized spacial score (nSPS) is 13.0. The summed E-state index contributed by atoms with van der Waals surface area (Å²) in [7, 11) is 1.67. The highest BCUT2D eigenvalue weighted by atomic mass is 79.9. The quantitative estimate of drug-likeness (QED) is 0.708. The van der Waals surface area contributed by atoms with Crippen LogP contribution in [0.3, 0.4) is 0 Å². The van der Waals surface area contributed by atoms with Crippen LogP contribution in [-0.2, 0) is 4.74 Å². The molecule has 0 aromatic carbocycles. The van der Waals surface area contributed by atoms with E-state index in [-0.39, 0.29) is 6.10 Å². The van der Waals surface area contributed by atoms with Crippen molar-refractivity contribution < 1.29 is 4.74 Å². The molecule has 0 N–H and O–H groups in total. The van der Waals surface area contributed by atoms with E-state index in [1.165, 1.54) is 0 Å². The van der Waals surface area contributed by atoms with Crippen LogP contribution in [0.5, 0.6) is 0 Å². The molecule has 0 saturated heterocycles. The van der Waals surface area contributed by atoms with Crippen LogP contribution in [0.25, 0.3) is 0 Å². The predicted octanol–water partition coefficient (Wildman–Crippen LogP) is 2.55. The number of nitrogens with zero attached hydrogens (tertiary/aromatic N) is 1. The summed E-state index contributed by atoms with van der Waals surface area (Å²) in [6, 6.07) is 5.78. The largest absolute Gasteiger partial charge is 0.375 e. The molecular formula is C8H10BrNO. The molecule has 0 aliphatic heterocycles. The van der Waals surface area contributed by atoms with Gasteiger partial charge in [-0.2, -0.15) is 0 Å². The van der Waals surface area contributed by atoms with Crippen molar-refractivity contribution in [2.24, 2.45) is 0 Å². The van der Waals surface area contributed by atoms with Crippen molar-refractivity contribution in [2.75, 3.05) is 7.11 Å². The summed E-state index contributed by atoms with van der Waals surface area (Å²) >= 11 is 3.29. The van der Waals surface area contributed by atoms with Crippen LogP contribution < -0.4 is 0 Å². The lowest BCUT2D eigenvalue weighted by Gasteiger charge is -2.07. The molecule has 0 radical (unpaired) electrons. The second kappa shape index (κ2) is 3.83. The summed E-state index contributed by atoms with van der Waals surface area (Å²) in [5.41, 5.74) is 0.946. The number of halogens is 1. The fourth-order valence-corrected chi connectivity index (χ4v) is 1.13. The summed E-state index contributed by atoms with van der Waals surface area (Å²) in [6.07, 6.45) is 0.0625. The van der Waals surface area contributed by atoms with Gasteiger partial charge in [-0.15, -0.1) is 0 Å². The van der Waals surface area contributed by atoms with Gasteiger partial charge in [0.1, 0.15) is 4.60 Å². The lowest BCUT2D eigenvalue weighted by molar-refractivity contribution is 0.116. The van der Waals surface area contributed by atoms with Crippen LogP contribution >= 0.6 is 15.9 Å².